The molecule has 0 unspecified atom stereocenters. The lowest BCUT2D eigenvalue weighted by Crippen LogP contribution is -2.29. The largest absolute Gasteiger partial charge is 0.380 e. The van der Waals surface area contributed by atoms with Gasteiger partial charge in [0.25, 0.3) is 5.56 Å². The summed E-state index contributed by atoms with van der Waals surface area (Å²) in [7, 11) is 0. The average Bonchev–Trinajstić information content (AvgIpc) is 3.18. The average molecular weight is 394 g/mol. The molecule has 5 nitrogen and oxygen atoms in total. The van der Waals surface area contributed by atoms with Crippen LogP contribution >= 0.6 is 11.8 Å². The number of nitrogens with zero attached hydrogens (tertiary/aromatic N) is 1. The zero-order valence-corrected chi connectivity index (χ0v) is 15.9. The molecule has 2 fully saturated rings. The second-order valence-corrected chi connectivity index (χ2v) is 8.63. The quantitative estimate of drug-likeness (QED) is 0.724. The van der Waals surface area contributed by atoms with Crippen molar-refractivity contribution >= 4 is 28.4 Å². The van der Waals surface area contributed by atoms with E-state index in [-0.39, 0.29) is 22.6 Å². The van der Waals surface area contributed by atoms with E-state index >= 15 is 0 Å². The zero-order chi connectivity index (χ0) is 18.8. The summed E-state index contributed by atoms with van der Waals surface area (Å²) in [5, 5.41) is 6.63. The number of hydrogen-bond donors (Lipinski definition) is 3. The molecule has 1 saturated heterocycles. The van der Waals surface area contributed by atoms with E-state index in [1.165, 1.54) is 6.07 Å². The van der Waals surface area contributed by atoms with E-state index in [1.807, 2.05) is 0 Å². The van der Waals surface area contributed by atoms with Crippen molar-refractivity contribution in [1.82, 2.24) is 15.3 Å². The summed E-state index contributed by atoms with van der Waals surface area (Å²) in [6.45, 7) is 2.00. The van der Waals surface area contributed by atoms with Crippen molar-refractivity contribution < 1.29 is 8.78 Å². The number of nitrogens with one attached hydrogen (secondary N) is 3. The van der Waals surface area contributed by atoms with Gasteiger partial charge in [0, 0.05) is 11.3 Å². The monoisotopic (exact) mass is 394 g/mol. The minimum absolute atomic E-state index is 0.0990. The highest BCUT2D eigenvalue weighted by atomic mass is 32.2. The highest BCUT2D eigenvalue weighted by Gasteiger charge is 2.22. The Morgan fingerprint density at radius 3 is 2.63 bits per heavy atom. The van der Waals surface area contributed by atoms with Crippen LogP contribution in [0.15, 0.2) is 10.9 Å². The molecule has 2 aliphatic rings. The molecule has 0 atom stereocenters. The van der Waals surface area contributed by atoms with Crippen molar-refractivity contribution in [2.75, 3.05) is 18.4 Å². The first kappa shape index (κ1) is 18.7. The Morgan fingerprint density at radius 2 is 1.89 bits per heavy atom. The van der Waals surface area contributed by atoms with Crippen molar-refractivity contribution in [2.24, 2.45) is 0 Å². The Bertz CT molecular complexity index is 876. The number of benzene rings is 1. The van der Waals surface area contributed by atoms with Crippen LogP contribution in [0, 0.1) is 11.6 Å². The molecule has 1 aromatic carbocycles. The predicted molar refractivity (Wildman–Crippen MR) is 105 cm³/mol. The number of anilines is 1. The predicted octanol–water partition coefficient (Wildman–Crippen LogP) is 3.54. The number of piperidine rings is 1. The Balaban J connectivity index is 1.60. The molecule has 0 radical (unpaired) electrons. The lowest BCUT2D eigenvalue weighted by atomic mass is 10.1. The van der Waals surface area contributed by atoms with Crippen LogP contribution in [0.4, 0.5) is 14.5 Å². The SMILES string of the molecule is O=c1[nH]c(CSC2CCNCC2)nc2cc(NC3CCCC3)c(F)c(F)c12. The number of thioether (sulfide) groups is 1. The van der Waals surface area contributed by atoms with Gasteiger partial charge in [0.1, 0.15) is 11.2 Å². The van der Waals surface area contributed by atoms with Gasteiger partial charge in [0.2, 0.25) is 0 Å². The van der Waals surface area contributed by atoms with Crippen LogP contribution in [0.1, 0.15) is 44.3 Å². The number of aromatic nitrogens is 2. The molecule has 1 saturated carbocycles. The molecule has 4 rings (SSSR count). The Labute approximate surface area is 160 Å². The van der Waals surface area contributed by atoms with Crippen LogP contribution in [-0.4, -0.2) is 34.3 Å². The number of fused-ring (bicyclic) bond motifs is 1. The topological polar surface area (TPSA) is 69.8 Å². The minimum Gasteiger partial charge on any atom is -0.380 e. The van der Waals surface area contributed by atoms with Gasteiger partial charge in [-0.3, -0.25) is 4.79 Å². The molecular weight excluding hydrogens is 370 g/mol. The first-order valence-corrected chi connectivity index (χ1v) is 10.7. The molecule has 3 N–H and O–H groups in total. The molecule has 0 bridgehead atoms. The van der Waals surface area contributed by atoms with Crippen molar-refractivity contribution in [3.05, 3.63) is 33.9 Å². The lowest BCUT2D eigenvalue weighted by Gasteiger charge is -2.21. The van der Waals surface area contributed by atoms with Crippen LogP contribution < -0.4 is 16.2 Å². The molecule has 0 spiro atoms. The van der Waals surface area contributed by atoms with Gasteiger partial charge < -0.3 is 15.6 Å². The van der Waals surface area contributed by atoms with Crippen LogP contribution in [0.5, 0.6) is 0 Å². The van der Waals surface area contributed by atoms with E-state index in [9.17, 15) is 13.6 Å². The van der Waals surface area contributed by atoms with E-state index in [0.29, 0.717) is 16.8 Å². The van der Waals surface area contributed by atoms with Crippen LogP contribution in [0.2, 0.25) is 0 Å². The third-order valence-electron chi connectivity index (χ3n) is 5.38. The first-order valence-electron chi connectivity index (χ1n) is 9.61. The van der Waals surface area contributed by atoms with Crippen LogP contribution in [-0.2, 0) is 5.75 Å². The number of H-pyrrole nitrogens is 1. The molecular formula is C19H24F2N4OS. The van der Waals surface area contributed by atoms with Gasteiger partial charge in [0.15, 0.2) is 11.6 Å². The smallest absolute Gasteiger partial charge is 0.261 e. The fourth-order valence-corrected chi connectivity index (χ4v) is 5.01. The fraction of sp³-hybridized carbons (Fsp3) is 0.579. The lowest BCUT2D eigenvalue weighted by molar-refractivity contribution is 0.516. The molecule has 1 aliphatic carbocycles. The second-order valence-electron chi connectivity index (χ2n) is 7.34. The molecule has 27 heavy (non-hydrogen) atoms. The Morgan fingerprint density at radius 1 is 1.15 bits per heavy atom. The van der Waals surface area contributed by atoms with E-state index < -0.39 is 17.2 Å². The fourth-order valence-electron chi connectivity index (χ4n) is 3.91. The summed E-state index contributed by atoms with van der Waals surface area (Å²) in [4.78, 5) is 19.4. The third-order valence-corrected chi connectivity index (χ3v) is 6.77. The molecule has 146 valence electrons. The summed E-state index contributed by atoms with van der Waals surface area (Å²) < 4.78 is 28.9. The molecule has 1 aliphatic heterocycles. The third kappa shape index (κ3) is 4.11. The van der Waals surface area contributed by atoms with Crippen LogP contribution in [0.25, 0.3) is 10.9 Å². The van der Waals surface area contributed by atoms with Crippen molar-refractivity contribution in [1.29, 1.82) is 0 Å². The van der Waals surface area contributed by atoms with Gasteiger partial charge in [-0.2, -0.15) is 11.8 Å². The number of hydrogen-bond acceptors (Lipinski definition) is 5. The van der Waals surface area contributed by atoms with E-state index in [0.717, 1.165) is 51.6 Å². The van der Waals surface area contributed by atoms with Crippen LogP contribution in [0.3, 0.4) is 0 Å². The maximum atomic E-state index is 14.5. The molecule has 2 aromatic rings. The van der Waals surface area contributed by atoms with Gasteiger partial charge in [0.05, 0.1) is 17.0 Å². The zero-order valence-electron chi connectivity index (χ0n) is 15.1. The minimum atomic E-state index is -1.13. The van der Waals surface area contributed by atoms with Crippen molar-refractivity contribution in [3.8, 4) is 0 Å². The summed E-state index contributed by atoms with van der Waals surface area (Å²) >= 11 is 1.75. The Hall–Kier alpha value is -1.67. The summed E-state index contributed by atoms with van der Waals surface area (Å²) in [5.41, 5.74) is -0.314. The molecule has 0 amide bonds. The number of halogens is 2. The normalized spacial score (nSPS) is 19.0. The summed E-state index contributed by atoms with van der Waals surface area (Å²) in [5.74, 6) is -1.06. The number of aromatic amines is 1. The Kier molecular flexibility index (Phi) is 5.63. The van der Waals surface area contributed by atoms with E-state index in [2.05, 4.69) is 20.6 Å². The number of rotatable bonds is 5. The maximum Gasteiger partial charge on any atom is 0.261 e. The van der Waals surface area contributed by atoms with Gasteiger partial charge in [-0.25, -0.2) is 13.8 Å². The van der Waals surface area contributed by atoms with Gasteiger partial charge in [-0.1, -0.05) is 12.8 Å². The highest BCUT2D eigenvalue weighted by Crippen LogP contribution is 2.29. The van der Waals surface area contributed by atoms with Gasteiger partial charge >= 0.3 is 0 Å². The summed E-state index contributed by atoms with van der Waals surface area (Å²) in [6, 6.07) is 1.62. The highest BCUT2D eigenvalue weighted by molar-refractivity contribution is 7.99. The van der Waals surface area contributed by atoms with Gasteiger partial charge in [-0.05, 0) is 44.8 Å². The standard InChI is InChI=1S/C19H24F2N4OS/c20-17-14(23-11-3-1-2-4-11)9-13-16(18(17)21)19(26)25-15(24-13)10-27-12-5-7-22-8-6-12/h9,11-12,22-23H,1-8,10H2,(H,24,25,26). The summed E-state index contributed by atoms with van der Waals surface area (Å²) in [6.07, 6.45) is 6.23. The van der Waals surface area contributed by atoms with E-state index in [1.54, 1.807) is 11.8 Å². The molecule has 8 heteroatoms. The van der Waals surface area contributed by atoms with E-state index in [4.69, 9.17) is 0 Å². The maximum absolute atomic E-state index is 14.5. The van der Waals surface area contributed by atoms with Crippen molar-refractivity contribution in [2.45, 2.75) is 55.6 Å². The molecule has 2 heterocycles. The second kappa shape index (κ2) is 8.14. The first-order chi connectivity index (χ1) is 13.1. The van der Waals surface area contributed by atoms with Gasteiger partial charge in [-0.15, -0.1) is 0 Å². The molecule has 1 aromatic heterocycles. The van der Waals surface area contributed by atoms with Crippen molar-refractivity contribution in [3.63, 3.8) is 0 Å².